The number of rotatable bonds is 8. The van der Waals surface area contributed by atoms with Crippen molar-refractivity contribution in [3.8, 4) is 0 Å². The van der Waals surface area contributed by atoms with Gasteiger partial charge in [0.25, 0.3) is 0 Å². The Labute approximate surface area is 102 Å². The molecule has 98 valence electrons. The number of hydrogen-bond acceptors (Lipinski definition) is 5. The lowest BCUT2D eigenvalue weighted by Crippen LogP contribution is -2.32. The fourth-order valence-electron chi connectivity index (χ4n) is 1.72. The van der Waals surface area contributed by atoms with Crippen molar-refractivity contribution in [3.63, 3.8) is 0 Å². The van der Waals surface area contributed by atoms with Gasteiger partial charge in [0, 0.05) is 20.2 Å². The van der Waals surface area contributed by atoms with E-state index in [-0.39, 0.29) is 0 Å². The lowest BCUT2D eigenvalue weighted by Gasteiger charge is -2.19. The van der Waals surface area contributed by atoms with Crippen LogP contribution in [-0.4, -0.2) is 58.2 Å². The first-order chi connectivity index (χ1) is 8.17. The Morgan fingerprint density at radius 2 is 2.35 bits per heavy atom. The molecular formula is C11H22N4O2. The van der Waals surface area contributed by atoms with E-state index < -0.39 is 6.10 Å². The van der Waals surface area contributed by atoms with Gasteiger partial charge in [-0.15, -0.1) is 0 Å². The third kappa shape index (κ3) is 4.80. The minimum absolute atomic E-state index is 0.353. The van der Waals surface area contributed by atoms with Crippen molar-refractivity contribution in [2.24, 2.45) is 0 Å². The second-order valence-corrected chi connectivity index (χ2v) is 4.21. The summed E-state index contributed by atoms with van der Waals surface area (Å²) in [6.07, 6.45) is 2.14. The lowest BCUT2D eigenvalue weighted by molar-refractivity contribution is 0.0411. The zero-order valence-electron chi connectivity index (χ0n) is 10.8. The van der Waals surface area contributed by atoms with Crippen molar-refractivity contribution < 1.29 is 9.84 Å². The van der Waals surface area contributed by atoms with Crippen molar-refractivity contribution in [1.29, 1.82) is 0 Å². The van der Waals surface area contributed by atoms with E-state index in [2.05, 4.69) is 17.0 Å². The van der Waals surface area contributed by atoms with Crippen LogP contribution in [-0.2, 0) is 17.8 Å². The van der Waals surface area contributed by atoms with E-state index in [9.17, 15) is 5.11 Å². The molecule has 1 unspecified atom stereocenters. The highest BCUT2D eigenvalue weighted by Crippen LogP contribution is 2.01. The Balaban J connectivity index is 2.44. The van der Waals surface area contributed by atoms with Crippen LogP contribution in [0.2, 0.25) is 0 Å². The fraction of sp³-hybridized carbons (Fsp3) is 0.818. The minimum atomic E-state index is -0.465. The van der Waals surface area contributed by atoms with Gasteiger partial charge in [-0.25, -0.2) is 9.67 Å². The van der Waals surface area contributed by atoms with E-state index in [1.165, 1.54) is 0 Å². The Morgan fingerprint density at radius 1 is 1.59 bits per heavy atom. The zero-order valence-corrected chi connectivity index (χ0v) is 10.8. The van der Waals surface area contributed by atoms with E-state index >= 15 is 0 Å². The van der Waals surface area contributed by atoms with Crippen molar-refractivity contribution in [2.75, 3.05) is 27.3 Å². The van der Waals surface area contributed by atoms with Crippen molar-refractivity contribution in [1.82, 2.24) is 19.7 Å². The van der Waals surface area contributed by atoms with Crippen LogP contribution >= 0.6 is 0 Å². The van der Waals surface area contributed by atoms with Crippen molar-refractivity contribution >= 4 is 0 Å². The molecule has 1 heterocycles. The average molecular weight is 242 g/mol. The first-order valence-electron chi connectivity index (χ1n) is 5.89. The van der Waals surface area contributed by atoms with Crippen LogP contribution in [0.4, 0.5) is 0 Å². The number of aromatic nitrogens is 3. The number of hydrogen-bond donors (Lipinski definition) is 1. The standard InChI is InChI=1S/C11H22N4O2/c1-4-5-15-11(12-9-13-15)7-14(2)6-10(16)8-17-3/h9-10,16H,4-8H2,1-3H3. The van der Waals surface area contributed by atoms with Gasteiger partial charge in [0.05, 0.1) is 19.3 Å². The molecule has 0 radical (unpaired) electrons. The summed E-state index contributed by atoms with van der Waals surface area (Å²) in [6, 6.07) is 0. The SMILES string of the molecule is CCCn1ncnc1CN(C)CC(O)COC. The van der Waals surface area contributed by atoms with Crippen LogP contribution in [0.1, 0.15) is 19.2 Å². The Bertz CT molecular complexity index is 316. The Kier molecular flexibility index (Phi) is 6.10. The topological polar surface area (TPSA) is 63.4 Å². The molecule has 0 bridgehead atoms. The molecule has 6 nitrogen and oxygen atoms in total. The van der Waals surface area contributed by atoms with Crippen LogP contribution in [0.15, 0.2) is 6.33 Å². The monoisotopic (exact) mass is 242 g/mol. The highest BCUT2D eigenvalue weighted by Gasteiger charge is 2.11. The molecule has 0 aromatic carbocycles. The largest absolute Gasteiger partial charge is 0.389 e. The molecule has 17 heavy (non-hydrogen) atoms. The number of aliphatic hydroxyl groups is 1. The molecule has 1 atom stereocenters. The molecule has 0 fully saturated rings. The van der Waals surface area contributed by atoms with E-state index in [1.54, 1.807) is 13.4 Å². The molecule has 0 aliphatic carbocycles. The number of aliphatic hydroxyl groups excluding tert-OH is 1. The van der Waals surface area contributed by atoms with Gasteiger partial charge in [0.2, 0.25) is 0 Å². The van der Waals surface area contributed by atoms with E-state index in [4.69, 9.17) is 4.74 Å². The maximum absolute atomic E-state index is 9.61. The predicted octanol–water partition coefficient (Wildman–Crippen LogP) is 0.127. The molecule has 0 saturated carbocycles. The second-order valence-electron chi connectivity index (χ2n) is 4.21. The summed E-state index contributed by atoms with van der Waals surface area (Å²) in [5.74, 6) is 0.930. The summed E-state index contributed by atoms with van der Waals surface area (Å²) in [6.45, 7) is 4.58. The molecular weight excluding hydrogens is 220 g/mol. The molecule has 0 aliphatic rings. The smallest absolute Gasteiger partial charge is 0.140 e. The van der Waals surface area contributed by atoms with Crippen LogP contribution in [0, 0.1) is 0 Å². The molecule has 0 spiro atoms. The average Bonchev–Trinajstić information content (AvgIpc) is 2.66. The van der Waals surface area contributed by atoms with Gasteiger partial charge in [-0.3, -0.25) is 4.90 Å². The molecule has 1 rings (SSSR count). The zero-order chi connectivity index (χ0) is 12.7. The van der Waals surface area contributed by atoms with Crippen molar-refractivity contribution in [2.45, 2.75) is 32.5 Å². The van der Waals surface area contributed by atoms with E-state index in [1.807, 2.05) is 16.6 Å². The van der Waals surface area contributed by atoms with Gasteiger partial charge in [0.15, 0.2) is 0 Å². The van der Waals surface area contributed by atoms with Gasteiger partial charge >= 0.3 is 0 Å². The molecule has 6 heteroatoms. The number of methoxy groups -OCH3 is 1. The quantitative estimate of drug-likeness (QED) is 0.702. The van der Waals surface area contributed by atoms with Gasteiger partial charge < -0.3 is 9.84 Å². The lowest BCUT2D eigenvalue weighted by atomic mass is 10.3. The maximum Gasteiger partial charge on any atom is 0.140 e. The highest BCUT2D eigenvalue weighted by atomic mass is 16.5. The summed E-state index contributed by atoms with van der Waals surface area (Å²) in [7, 11) is 3.53. The summed E-state index contributed by atoms with van der Waals surface area (Å²) >= 11 is 0. The Hall–Kier alpha value is -0.980. The summed E-state index contributed by atoms with van der Waals surface area (Å²) < 4.78 is 6.79. The fourth-order valence-corrected chi connectivity index (χ4v) is 1.72. The van der Waals surface area contributed by atoms with Gasteiger partial charge in [-0.1, -0.05) is 6.92 Å². The maximum atomic E-state index is 9.61. The molecule has 0 aliphatic heterocycles. The van der Waals surface area contributed by atoms with E-state index in [0.29, 0.717) is 19.7 Å². The molecule has 1 aromatic heterocycles. The summed E-state index contributed by atoms with van der Waals surface area (Å²) in [4.78, 5) is 6.24. The van der Waals surface area contributed by atoms with Gasteiger partial charge in [-0.2, -0.15) is 5.10 Å². The van der Waals surface area contributed by atoms with Crippen LogP contribution < -0.4 is 0 Å². The Morgan fingerprint density at radius 3 is 3.00 bits per heavy atom. The first-order valence-corrected chi connectivity index (χ1v) is 5.89. The highest BCUT2D eigenvalue weighted by molar-refractivity contribution is 4.84. The van der Waals surface area contributed by atoms with Crippen LogP contribution in [0.3, 0.4) is 0 Å². The summed E-state index contributed by atoms with van der Waals surface area (Å²) in [5, 5.41) is 13.8. The number of ether oxygens (including phenoxy) is 1. The van der Waals surface area contributed by atoms with Gasteiger partial charge in [-0.05, 0) is 13.5 Å². The third-order valence-corrected chi connectivity index (χ3v) is 2.42. The van der Waals surface area contributed by atoms with E-state index in [0.717, 1.165) is 18.8 Å². The first kappa shape index (κ1) is 14.1. The summed E-state index contributed by atoms with van der Waals surface area (Å²) in [5.41, 5.74) is 0. The molecule has 1 N–H and O–H groups in total. The van der Waals surface area contributed by atoms with Gasteiger partial charge in [0.1, 0.15) is 12.2 Å². The third-order valence-electron chi connectivity index (χ3n) is 2.42. The molecule has 0 amide bonds. The predicted molar refractivity (Wildman–Crippen MR) is 64.5 cm³/mol. The molecule has 1 aromatic rings. The minimum Gasteiger partial charge on any atom is -0.389 e. The number of aryl methyl sites for hydroxylation is 1. The van der Waals surface area contributed by atoms with Crippen LogP contribution in [0.25, 0.3) is 0 Å². The molecule has 0 saturated heterocycles. The number of nitrogens with zero attached hydrogens (tertiary/aromatic N) is 4. The van der Waals surface area contributed by atoms with Crippen LogP contribution in [0.5, 0.6) is 0 Å². The van der Waals surface area contributed by atoms with Crippen molar-refractivity contribution in [3.05, 3.63) is 12.2 Å². The second kappa shape index (κ2) is 7.37. The number of likely N-dealkylation sites (N-methyl/N-ethyl adjacent to an activating group) is 1. The normalized spacial score (nSPS) is 13.2.